The van der Waals surface area contributed by atoms with Crippen molar-refractivity contribution in [1.29, 1.82) is 0 Å². The summed E-state index contributed by atoms with van der Waals surface area (Å²) in [6.45, 7) is 3.46. The van der Waals surface area contributed by atoms with Crippen LogP contribution in [0.3, 0.4) is 0 Å². The molecule has 0 saturated heterocycles. The summed E-state index contributed by atoms with van der Waals surface area (Å²) in [6.07, 6.45) is 2.00. The van der Waals surface area contributed by atoms with Gasteiger partial charge in [-0.1, -0.05) is 25.1 Å². The zero-order chi connectivity index (χ0) is 12.0. The molecule has 2 N–H and O–H groups in total. The highest BCUT2D eigenvalue weighted by molar-refractivity contribution is 5.17. The Balaban J connectivity index is 2.62. The van der Waals surface area contributed by atoms with Gasteiger partial charge in [-0.05, 0) is 32.5 Å². The summed E-state index contributed by atoms with van der Waals surface area (Å²) >= 11 is 0. The van der Waals surface area contributed by atoms with E-state index in [1.54, 1.807) is 6.07 Å². The predicted molar refractivity (Wildman–Crippen MR) is 65.6 cm³/mol. The number of benzene rings is 1. The van der Waals surface area contributed by atoms with E-state index in [1.807, 2.05) is 19.2 Å². The molecule has 1 aromatic carbocycles. The molecule has 0 aromatic heterocycles. The minimum atomic E-state index is -0.128. The lowest BCUT2D eigenvalue weighted by Crippen LogP contribution is -2.32. The zero-order valence-corrected chi connectivity index (χ0v) is 10.1. The molecule has 1 aromatic rings. The normalized spacial score (nSPS) is 13.1. The number of rotatable bonds is 6. The van der Waals surface area contributed by atoms with Crippen LogP contribution >= 0.6 is 0 Å². The van der Waals surface area contributed by atoms with Gasteiger partial charge in [-0.25, -0.2) is 4.39 Å². The Kier molecular flexibility index (Phi) is 5.43. The molecular formula is C13H21FN2. The van der Waals surface area contributed by atoms with Gasteiger partial charge >= 0.3 is 0 Å². The topological polar surface area (TPSA) is 29.3 Å². The lowest BCUT2D eigenvalue weighted by atomic mass is 10.1. The van der Waals surface area contributed by atoms with Gasteiger partial charge in [-0.2, -0.15) is 0 Å². The maximum atomic E-state index is 13.5. The van der Waals surface area contributed by atoms with Gasteiger partial charge < -0.3 is 5.73 Å². The van der Waals surface area contributed by atoms with Crippen molar-refractivity contribution in [3.8, 4) is 0 Å². The molecule has 1 unspecified atom stereocenters. The van der Waals surface area contributed by atoms with Crippen LogP contribution in [0.2, 0.25) is 0 Å². The van der Waals surface area contributed by atoms with Crippen LogP contribution in [0.5, 0.6) is 0 Å². The van der Waals surface area contributed by atoms with Crippen LogP contribution in [0.15, 0.2) is 24.3 Å². The van der Waals surface area contributed by atoms with Crippen LogP contribution in [-0.2, 0) is 6.54 Å². The summed E-state index contributed by atoms with van der Waals surface area (Å²) in [5.41, 5.74) is 6.32. The summed E-state index contributed by atoms with van der Waals surface area (Å²) in [5.74, 6) is -0.128. The maximum Gasteiger partial charge on any atom is 0.127 e. The Morgan fingerprint density at radius 1 is 1.38 bits per heavy atom. The molecule has 0 heterocycles. The van der Waals surface area contributed by atoms with Crippen LogP contribution in [-0.4, -0.2) is 24.5 Å². The summed E-state index contributed by atoms with van der Waals surface area (Å²) < 4.78 is 13.5. The third-order valence-electron chi connectivity index (χ3n) is 2.97. The number of halogens is 1. The van der Waals surface area contributed by atoms with E-state index in [0.717, 1.165) is 18.4 Å². The lowest BCUT2D eigenvalue weighted by Gasteiger charge is -2.26. The average molecular weight is 224 g/mol. The van der Waals surface area contributed by atoms with Crippen LogP contribution in [0.1, 0.15) is 25.3 Å². The molecule has 3 heteroatoms. The van der Waals surface area contributed by atoms with Crippen LogP contribution in [0.25, 0.3) is 0 Å². The van der Waals surface area contributed by atoms with Crippen molar-refractivity contribution in [1.82, 2.24) is 4.90 Å². The fraction of sp³-hybridized carbons (Fsp3) is 0.538. The molecule has 1 atom stereocenters. The fourth-order valence-electron chi connectivity index (χ4n) is 1.95. The van der Waals surface area contributed by atoms with Crippen molar-refractivity contribution >= 4 is 0 Å². The standard InChI is InChI=1S/C13H21FN2/c1-3-12(8-9-15)16(2)10-11-6-4-5-7-13(11)14/h4-7,12H,3,8-10,15H2,1-2H3. The number of hydrogen-bond donors (Lipinski definition) is 1. The average Bonchev–Trinajstić information content (AvgIpc) is 2.29. The van der Waals surface area contributed by atoms with Crippen LogP contribution in [0.4, 0.5) is 4.39 Å². The predicted octanol–water partition coefficient (Wildman–Crippen LogP) is 2.38. The zero-order valence-electron chi connectivity index (χ0n) is 10.1. The SMILES string of the molecule is CCC(CCN)N(C)Cc1ccccc1F. The van der Waals surface area contributed by atoms with Gasteiger partial charge in [0.15, 0.2) is 0 Å². The number of hydrogen-bond acceptors (Lipinski definition) is 2. The van der Waals surface area contributed by atoms with Crippen molar-refractivity contribution in [3.63, 3.8) is 0 Å². The first-order valence-corrected chi connectivity index (χ1v) is 5.82. The van der Waals surface area contributed by atoms with E-state index in [0.29, 0.717) is 19.1 Å². The summed E-state index contributed by atoms with van der Waals surface area (Å²) in [6, 6.07) is 7.37. The Morgan fingerprint density at radius 2 is 2.06 bits per heavy atom. The van der Waals surface area contributed by atoms with Gasteiger partial charge in [0.1, 0.15) is 5.82 Å². The maximum absolute atomic E-state index is 13.5. The quantitative estimate of drug-likeness (QED) is 0.804. The molecule has 1 rings (SSSR count). The first-order chi connectivity index (χ1) is 7.69. The molecule has 90 valence electrons. The van der Waals surface area contributed by atoms with Crippen LogP contribution < -0.4 is 5.73 Å². The number of nitrogens with zero attached hydrogens (tertiary/aromatic N) is 1. The summed E-state index contributed by atoms with van der Waals surface area (Å²) in [7, 11) is 2.02. The molecule has 0 spiro atoms. The van der Waals surface area contributed by atoms with Crippen molar-refractivity contribution < 1.29 is 4.39 Å². The minimum Gasteiger partial charge on any atom is -0.330 e. The van der Waals surface area contributed by atoms with Gasteiger partial charge in [0, 0.05) is 18.2 Å². The summed E-state index contributed by atoms with van der Waals surface area (Å²) in [4.78, 5) is 2.17. The highest BCUT2D eigenvalue weighted by Crippen LogP contribution is 2.13. The molecular weight excluding hydrogens is 203 g/mol. The lowest BCUT2D eigenvalue weighted by molar-refractivity contribution is 0.216. The highest BCUT2D eigenvalue weighted by atomic mass is 19.1. The van der Waals surface area contributed by atoms with Crippen molar-refractivity contribution in [3.05, 3.63) is 35.6 Å². The van der Waals surface area contributed by atoms with E-state index in [1.165, 1.54) is 6.07 Å². The van der Waals surface area contributed by atoms with E-state index in [9.17, 15) is 4.39 Å². The van der Waals surface area contributed by atoms with Crippen molar-refractivity contribution in [2.45, 2.75) is 32.4 Å². The van der Waals surface area contributed by atoms with E-state index >= 15 is 0 Å². The molecule has 0 aliphatic rings. The molecule has 0 aliphatic heterocycles. The molecule has 0 amide bonds. The van der Waals surface area contributed by atoms with Crippen LogP contribution in [0, 0.1) is 5.82 Å². The Hall–Kier alpha value is -0.930. The van der Waals surface area contributed by atoms with Crippen molar-refractivity contribution in [2.24, 2.45) is 5.73 Å². The molecule has 0 bridgehead atoms. The van der Waals surface area contributed by atoms with Crippen molar-refractivity contribution in [2.75, 3.05) is 13.6 Å². The molecule has 0 aliphatic carbocycles. The molecule has 0 radical (unpaired) electrons. The van der Waals surface area contributed by atoms with E-state index in [-0.39, 0.29) is 5.82 Å². The highest BCUT2D eigenvalue weighted by Gasteiger charge is 2.13. The smallest absolute Gasteiger partial charge is 0.127 e. The first kappa shape index (κ1) is 13.1. The van der Waals surface area contributed by atoms with Gasteiger partial charge in [-0.3, -0.25) is 4.90 Å². The van der Waals surface area contributed by atoms with Gasteiger partial charge in [0.25, 0.3) is 0 Å². The second-order valence-corrected chi connectivity index (χ2v) is 4.15. The van der Waals surface area contributed by atoms with E-state index in [4.69, 9.17) is 5.73 Å². The van der Waals surface area contributed by atoms with Gasteiger partial charge in [0.2, 0.25) is 0 Å². The Morgan fingerprint density at radius 3 is 2.62 bits per heavy atom. The Labute approximate surface area is 97.3 Å². The molecule has 16 heavy (non-hydrogen) atoms. The fourth-order valence-corrected chi connectivity index (χ4v) is 1.95. The summed E-state index contributed by atoms with van der Waals surface area (Å²) in [5, 5.41) is 0. The second-order valence-electron chi connectivity index (χ2n) is 4.15. The largest absolute Gasteiger partial charge is 0.330 e. The third-order valence-corrected chi connectivity index (χ3v) is 2.97. The molecule has 0 saturated carbocycles. The monoisotopic (exact) mass is 224 g/mol. The number of nitrogens with two attached hydrogens (primary N) is 1. The van der Waals surface area contributed by atoms with E-state index < -0.39 is 0 Å². The minimum absolute atomic E-state index is 0.128. The van der Waals surface area contributed by atoms with E-state index in [2.05, 4.69) is 11.8 Å². The molecule has 2 nitrogen and oxygen atoms in total. The first-order valence-electron chi connectivity index (χ1n) is 5.82. The van der Waals surface area contributed by atoms with Gasteiger partial charge in [-0.15, -0.1) is 0 Å². The van der Waals surface area contributed by atoms with Gasteiger partial charge in [0.05, 0.1) is 0 Å². The molecule has 0 fully saturated rings. The third kappa shape index (κ3) is 3.58. The second kappa shape index (κ2) is 6.61. The Bertz CT molecular complexity index is 315.